The van der Waals surface area contributed by atoms with Gasteiger partial charge in [0.2, 0.25) is 5.91 Å². The highest BCUT2D eigenvalue weighted by atomic mass is 32.1. The highest BCUT2D eigenvalue weighted by Crippen LogP contribution is 2.07. The number of thiocarbonyl (C=S) groups is 1. The molecule has 8 heteroatoms. The van der Waals surface area contributed by atoms with Crippen LogP contribution in [-0.4, -0.2) is 36.3 Å². The second-order valence-corrected chi connectivity index (χ2v) is 5.28. The highest BCUT2D eigenvalue weighted by molar-refractivity contribution is 7.80. The van der Waals surface area contributed by atoms with Crippen molar-refractivity contribution in [2.45, 2.75) is 19.8 Å². The van der Waals surface area contributed by atoms with Crippen LogP contribution >= 0.6 is 23.6 Å². The average molecular weight is 302 g/mol. The zero-order valence-corrected chi connectivity index (χ0v) is 12.6. The number of nitrogens with zero attached hydrogens (tertiary/aromatic N) is 1. The quantitative estimate of drug-likeness (QED) is 0.404. The van der Waals surface area contributed by atoms with E-state index in [0.29, 0.717) is 18.3 Å². The molecule has 0 aliphatic rings. The zero-order chi connectivity index (χ0) is 14.1. The van der Waals surface area contributed by atoms with Gasteiger partial charge in [0.05, 0.1) is 17.1 Å². The summed E-state index contributed by atoms with van der Waals surface area (Å²) in [5, 5.41) is 6.16. The monoisotopic (exact) mass is 302 g/mol. The number of hydrazine groups is 1. The second kappa shape index (κ2) is 8.78. The van der Waals surface area contributed by atoms with E-state index in [4.69, 9.17) is 17.0 Å². The van der Waals surface area contributed by atoms with E-state index in [1.165, 1.54) is 11.3 Å². The molecule has 0 aliphatic heterocycles. The van der Waals surface area contributed by atoms with Gasteiger partial charge in [-0.25, -0.2) is 4.98 Å². The van der Waals surface area contributed by atoms with Crippen LogP contribution in [0, 0.1) is 6.92 Å². The van der Waals surface area contributed by atoms with Crippen molar-refractivity contribution < 1.29 is 9.53 Å². The number of thiazole rings is 1. The van der Waals surface area contributed by atoms with Crippen molar-refractivity contribution in [1.29, 1.82) is 0 Å². The summed E-state index contributed by atoms with van der Waals surface area (Å²) in [6.07, 6.45) is 1.09. The Labute approximate surface area is 121 Å². The molecular weight excluding hydrogens is 284 g/mol. The Morgan fingerprint density at radius 1 is 1.53 bits per heavy atom. The summed E-state index contributed by atoms with van der Waals surface area (Å²) in [5.74, 6) is -0.175. The fourth-order valence-electron chi connectivity index (χ4n) is 1.29. The number of methoxy groups -OCH3 is 1. The molecule has 1 rings (SSSR count). The van der Waals surface area contributed by atoms with Crippen molar-refractivity contribution >= 4 is 34.6 Å². The van der Waals surface area contributed by atoms with E-state index in [2.05, 4.69) is 21.2 Å². The van der Waals surface area contributed by atoms with Crippen LogP contribution in [0.1, 0.15) is 17.1 Å². The van der Waals surface area contributed by atoms with Gasteiger partial charge in [-0.3, -0.25) is 15.6 Å². The van der Waals surface area contributed by atoms with E-state index >= 15 is 0 Å². The number of hydrogen-bond donors (Lipinski definition) is 3. The van der Waals surface area contributed by atoms with Gasteiger partial charge in [-0.2, -0.15) is 0 Å². The molecule has 0 spiro atoms. The first-order chi connectivity index (χ1) is 9.11. The third-order valence-electron chi connectivity index (χ3n) is 2.13. The van der Waals surface area contributed by atoms with Crippen LogP contribution in [0.2, 0.25) is 0 Å². The van der Waals surface area contributed by atoms with E-state index in [0.717, 1.165) is 17.1 Å². The molecule has 0 aromatic carbocycles. The third kappa shape index (κ3) is 7.04. The number of aromatic nitrogens is 1. The Hall–Kier alpha value is -1.25. The molecule has 19 heavy (non-hydrogen) atoms. The van der Waals surface area contributed by atoms with Crippen molar-refractivity contribution in [3.05, 3.63) is 16.1 Å². The smallest absolute Gasteiger partial charge is 0.244 e. The van der Waals surface area contributed by atoms with Gasteiger partial charge >= 0.3 is 0 Å². The standard InChI is InChI=1S/C11H18N4O2S2/c1-8-13-9(7-19-8)6-10(16)14-15-11(18)12-4-3-5-17-2/h7H,3-6H2,1-2H3,(H,14,16)(H2,12,15,18). The first-order valence-electron chi connectivity index (χ1n) is 5.84. The molecule has 0 aliphatic carbocycles. The molecular formula is C11H18N4O2S2. The first-order valence-corrected chi connectivity index (χ1v) is 7.13. The number of rotatable bonds is 6. The van der Waals surface area contributed by atoms with Gasteiger partial charge in [0.1, 0.15) is 0 Å². The maximum absolute atomic E-state index is 11.6. The molecule has 1 heterocycles. The second-order valence-electron chi connectivity index (χ2n) is 3.81. The van der Waals surface area contributed by atoms with Crippen LogP contribution in [-0.2, 0) is 16.0 Å². The molecule has 0 unspecified atom stereocenters. The largest absolute Gasteiger partial charge is 0.385 e. The molecule has 1 aromatic rings. The molecule has 0 radical (unpaired) electrons. The van der Waals surface area contributed by atoms with Crippen molar-refractivity contribution in [2.24, 2.45) is 0 Å². The van der Waals surface area contributed by atoms with Crippen molar-refractivity contribution in [1.82, 2.24) is 21.2 Å². The lowest BCUT2D eigenvalue weighted by Gasteiger charge is -2.10. The average Bonchev–Trinajstić information content (AvgIpc) is 2.77. The molecule has 106 valence electrons. The minimum atomic E-state index is -0.175. The van der Waals surface area contributed by atoms with Gasteiger partial charge in [0.25, 0.3) is 0 Å². The normalized spacial score (nSPS) is 10.0. The van der Waals surface area contributed by atoms with E-state index in [1.54, 1.807) is 7.11 Å². The number of carbonyl (C=O) groups is 1. The Kier molecular flexibility index (Phi) is 7.31. The van der Waals surface area contributed by atoms with Crippen LogP contribution in [0.5, 0.6) is 0 Å². The number of amides is 1. The molecule has 3 N–H and O–H groups in total. The number of carbonyl (C=O) groups excluding carboxylic acids is 1. The van der Waals surface area contributed by atoms with Crippen molar-refractivity contribution in [3.8, 4) is 0 Å². The number of hydrogen-bond acceptors (Lipinski definition) is 5. The molecule has 0 fully saturated rings. The molecule has 0 bridgehead atoms. The highest BCUT2D eigenvalue weighted by Gasteiger charge is 2.06. The lowest BCUT2D eigenvalue weighted by atomic mass is 10.3. The van der Waals surface area contributed by atoms with Crippen LogP contribution in [0.15, 0.2) is 5.38 Å². The summed E-state index contributed by atoms with van der Waals surface area (Å²) < 4.78 is 4.91. The minimum Gasteiger partial charge on any atom is -0.385 e. The summed E-state index contributed by atoms with van der Waals surface area (Å²) in [5.41, 5.74) is 5.93. The van der Waals surface area contributed by atoms with Gasteiger partial charge in [-0.15, -0.1) is 11.3 Å². The van der Waals surface area contributed by atoms with Crippen molar-refractivity contribution in [2.75, 3.05) is 20.3 Å². The van der Waals surface area contributed by atoms with Crippen molar-refractivity contribution in [3.63, 3.8) is 0 Å². The van der Waals surface area contributed by atoms with Crippen LogP contribution in [0.4, 0.5) is 0 Å². The maximum Gasteiger partial charge on any atom is 0.244 e. The third-order valence-corrected chi connectivity index (χ3v) is 3.20. The SMILES string of the molecule is COCCCNC(=S)NNC(=O)Cc1csc(C)n1. The van der Waals surface area contributed by atoms with Gasteiger partial charge in [-0.1, -0.05) is 0 Å². The molecule has 0 saturated heterocycles. The summed E-state index contributed by atoms with van der Waals surface area (Å²) in [7, 11) is 1.65. The maximum atomic E-state index is 11.6. The van der Waals surface area contributed by atoms with Gasteiger partial charge in [-0.05, 0) is 25.6 Å². The topological polar surface area (TPSA) is 75.3 Å². The van der Waals surface area contributed by atoms with Crippen LogP contribution < -0.4 is 16.2 Å². The summed E-state index contributed by atoms with van der Waals surface area (Å²) in [6.45, 7) is 3.27. The number of ether oxygens (including phenoxy) is 1. The van der Waals surface area contributed by atoms with Crippen LogP contribution in [0.3, 0.4) is 0 Å². The van der Waals surface area contributed by atoms with Gasteiger partial charge in [0.15, 0.2) is 5.11 Å². The van der Waals surface area contributed by atoms with E-state index in [1.807, 2.05) is 12.3 Å². The predicted octanol–water partition coefficient (Wildman–Crippen LogP) is 0.526. The van der Waals surface area contributed by atoms with Crippen LogP contribution in [0.25, 0.3) is 0 Å². The lowest BCUT2D eigenvalue weighted by molar-refractivity contribution is -0.121. The lowest BCUT2D eigenvalue weighted by Crippen LogP contribution is -2.47. The minimum absolute atomic E-state index is 0.175. The number of aryl methyl sites for hydroxylation is 1. The summed E-state index contributed by atoms with van der Waals surface area (Å²) >= 11 is 6.52. The molecule has 1 amide bonds. The predicted molar refractivity (Wildman–Crippen MR) is 78.9 cm³/mol. The van der Waals surface area contributed by atoms with Gasteiger partial charge in [0, 0.05) is 25.6 Å². The Bertz CT molecular complexity index is 423. The van der Waals surface area contributed by atoms with E-state index in [-0.39, 0.29) is 12.3 Å². The summed E-state index contributed by atoms with van der Waals surface area (Å²) in [4.78, 5) is 15.8. The molecule has 6 nitrogen and oxygen atoms in total. The van der Waals surface area contributed by atoms with E-state index < -0.39 is 0 Å². The van der Waals surface area contributed by atoms with Gasteiger partial charge < -0.3 is 10.1 Å². The Morgan fingerprint density at radius 3 is 2.95 bits per heavy atom. The fourth-order valence-corrected chi connectivity index (χ4v) is 2.05. The Morgan fingerprint density at radius 2 is 2.32 bits per heavy atom. The first kappa shape index (κ1) is 15.8. The molecule has 0 saturated carbocycles. The Balaban J connectivity index is 2.14. The summed E-state index contributed by atoms with van der Waals surface area (Å²) in [6, 6.07) is 0. The molecule has 0 atom stereocenters. The number of nitrogens with one attached hydrogen (secondary N) is 3. The fraction of sp³-hybridized carbons (Fsp3) is 0.545. The zero-order valence-electron chi connectivity index (χ0n) is 11.0. The van der Waals surface area contributed by atoms with E-state index in [9.17, 15) is 4.79 Å². The molecule has 1 aromatic heterocycles.